The van der Waals surface area contributed by atoms with Crippen LogP contribution in [0.15, 0.2) is 23.0 Å². The van der Waals surface area contributed by atoms with E-state index >= 15 is 0 Å². The Balaban J connectivity index is 2.25. The van der Waals surface area contributed by atoms with Crippen LogP contribution in [0.4, 0.5) is 13.2 Å². The summed E-state index contributed by atoms with van der Waals surface area (Å²) < 4.78 is 45.8. The van der Waals surface area contributed by atoms with E-state index in [1.807, 2.05) is 0 Å². The zero-order valence-corrected chi connectivity index (χ0v) is 10.5. The Hall–Kier alpha value is -1.76. The fourth-order valence-electron chi connectivity index (χ4n) is 2.69. The molecule has 1 aliphatic heterocycles. The van der Waals surface area contributed by atoms with Crippen molar-refractivity contribution in [3.63, 3.8) is 0 Å². The summed E-state index contributed by atoms with van der Waals surface area (Å²) in [5.74, 6) is 0. The molecule has 1 fully saturated rings. The highest BCUT2D eigenvalue weighted by Gasteiger charge is 2.35. The largest absolute Gasteiger partial charge is 0.418 e. The molecule has 1 aliphatic rings. The number of rotatable bonds is 1. The maximum atomic E-state index is 13.1. The van der Waals surface area contributed by atoms with Crippen molar-refractivity contribution in [2.75, 3.05) is 13.2 Å². The van der Waals surface area contributed by atoms with Crippen molar-refractivity contribution in [3.8, 4) is 0 Å². The summed E-state index contributed by atoms with van der Waals surface area (Å²) in [5.41, 5.74) is -1.19. The molecule has 0 spiro atoms. The second-order valence-electron chi connectivity index (χ2n) is 4.87. The SMILES string of the molecule is O=c1[nH]c2cccc(C(F)(F)F)c2n1C1CCCOC1. The second-order valence-corrected chi connectivity index (χ2v) is 4.87. The lowest BCUT2D eigenvalue weighted by molar-refractivity contribution is -0.136. The number of ether oxygens (including phenoxy) is 1. The van der Waals surface area contributed by atoms with Crippen LogP contribution in [0.1, 0.15) is 24.4 Å². The van der Waals surface area contributed by atoms with Gasteiger partial charge in [0.25, 0.3) is 0 Å². The topological polar surface area (TPSA) is 47.0 Å². The third-order valence-electron chi connectivity index (χ3n) is 3.54. The van der Waals surface area contributed by atoms with Gasteiger partial charge in [-0.05, 0) is 25.0 Å². The molecule has 7 heteroatoms. The Bertz CT molecular complexity index is 681. The zero-order valence-electron chi connectivity index (χ0n) is 10.5. The monoisotopic (exact) mass is 286 g/mol. The van der Waals surface area contributed by atoms with Gasteiger partial charge in [0.15, 0.2) is 0 Å². The van der Waals surface area contributed by atoms with E-state index in [-0.39, 0.29) is 23.7 Å². The number of alkyl halides is 3. The van der Waals surface area contributed by atoms with Crippen LogP contribution in [0.2, 0.25) is 0 Å². The number of aromatic nitrogens is 2. The summed E-state index contributed by atoms with van der Waals surface area (Å²) in [4.78, 5) is 14.5. The number of imidazole rings is 1. The smallest absolute Gasteiger partial charge is 0.379 e. The van der Waals surface area contributed by atoms with E-state index in [0.29, 0.717) is 13.0 Å². The normalized spacial score (nSPS) is 20.4. The van der Waals surface area contributed by atoms with Crippen LogP contribution < -0.4 is 5.69 Å². The van der Waals surface area contributed by atoms with Crippen LogP contribution >= 0.6 is 0 Å². The average molecular weight is 286 g/mol. The van der Waals surface area contributed by atoms with Gasteiger partial charge < -0.3 is 9.72 Å². The van der Waals surface area contributed by atoms with Gasteiger partial charge in [0.1, 0.15) is 0 Å². The van der Waals surface area contributed by atoms with Gasteiger partial charge in [-0.15, -0.1) is 0 Å². The molecule has 1 saturated heterocycles. The van der Waals surface area contributed by atoms with Gasteiger partial charge in [-0.1, -0.05) is 6.07 Å². The first kappa shape index (κ1) is 13.2. The molecular weight excluding hydrogens is 273 g/mol. The van der Waals surface area contributed by atoms with Crippen molar-refractivity contribution in [2.45, 2.75) is 25.1 Å². The van der Waals surface area contributed by atoms with Crippen LogP contribution in [0, 0.1) is 0 Å². The van der Waals surface area contributed by atoms with E-state index in [1.165, 1.54) is 16.7 Å². The molecule has 4 nitrogen and oxygen atoms in total. The number of fused-ring (bicyclic) bond motifs is 1. The van der Waals surface area contributed by atoms with Gasteiger partial charge in [0.2, 0.25) is 0 Å². The molecule has 1 unspecified atom stereocenters. The minimum atomic E-state index is -4.49. The summed E-state index contributed by atoms with van der Waals surface area (Å²) in [5, 5.41) is 0. The van der Waals surface area contributed by atoms with Gasteiger partial charge in [-0.25, -0.2) is 4.79 Å². The van der Waals surface area contributed by atoms with Crippen molar-refractivity contribution in [3.05, 3.63) is 34.2 Å². The molecule has 1 aromatic heterocycles. The molecule has 0 radical (unpaired) electrons. The molecule has 0 amide bonds. The quantitative estimate of drug-likeness (QED) is 0.876. The van der Waals surface area contributed by atoms with E-state index < -0.39 is 17.4 Å². The van der Waals surface area contributed by atoms with E-state index in [4.69, 9.17) is 4.74 Å². The second kappa shape index (κ2) is 4.66. The molecule has 0 bridgehead atoms. The molecular formula is C13H13F3N2O2. The molecule has 0 saturated carbocycles. The number of nitrogens with one attached hydrogen (secondary N) is 1. The van der Waals surface area contributed by atoms with Gasteiger partial charge in [-0.2, -0.15) is 13.2 Å². The Kier molecular flexibility index (Phi) is 3.08. The van der Waals surface area contributed by atoms with Crippen molar-refractivity contribution in [1.29, 1.82) is 0 Å². The third kappa shape index (κ3) is 2.11. The standard InChI is InChI=1S/C13H13F3N2O2/c14-13(15,16)9-4-1-5-10-11(9)18(12(19)17-10)8-3-2-6-20-7-8/h1,4-5,8H,2-3,6-7H2,(H,17,19). The Morgan fingerprint density at radius 2 is 2.15 bits per heavy atom. The maximum Gasteiger partial charge on any atom is 0.418 e. The Morgan fingerprint density at radius 1 is 1.35 bits per heavy atom. The lowest BCUT2D eigenvalue weighted by Crippen LogP contribution is -2.29. The van der Waals surface area contributed by atoms with Crippen LogP contribution in [0.3, 0.4) is 0 Å². The first-order chi connectivity index (χ1) is 9.48. The molecule has 1 aromatic carbocycles. The van der Waals surface area contributed by atoms with Crippen molar-refractivity contribution in [2.24, 2.45) is 0 Å². The van der Waals surface area contributed by atoms with Crippen molar-refractivity contribution in [1.82, 2.24) is 9.55 Å². The molecule has 3 rings (SSSR count). The number of aromatic amines is 1. The molecule has 0 aliphatic carbocycles. The number of halogens is 3. The number of nitrogens with zero attached hydrogens (tertiary/aromatic N) is 1. The summed E-state index contributed by atoms with van der Waals surface area (Å²) in [7, 11) is 0. The first-order valence-corrected chi connectivity index (χ1v) is 6.36. The zero-order chi connectivity index (χ0) is 14.3. The van der Waals surface area contributed by atoms with Gasteiger partial charge >= 0.3 is 11.9 Å². The van der Waals surface area contributed by atoms with Crippen LogP contribution in [-0.2, 0) is 10.9 Å². The number of H-pyrrole nitrogens is 1. The van der Waals surface area contributed by atoms with Crippen LogP contribution in [0.5, 0.6) is 0 Å². The summed E-state index contributed by atoms with van der Waals surface area (Å²) in [6.07, 6.45) is -3.12. The minimum Gasteiger partial charge on any atom is -0.379 e. The Morgan fingerprint density at radius 3 is 2.80 bits per heavy atom. The summed E-state index contributed by atoms with van der Waals surface area (Å²) >= 11 is 0. The predicted molar refractivity (Wildman–Crippen MR) is 66.7 cm³/mol. The molecule has 1 atom stereocenters. The van der Waals surface area contributed by atoms with Crippen LogP contribution in [0.25, 0.3) is 11.0 Å². The van der Waals surface area contributed by atoms with Gasteiger partial charge in [0.05, 0.1) is 29.2 Å². The maximum absolute atomic E-state index is 13.1. The number of hydrogen-bond donors (Lipinski definition) is 1. The first-order valence-electron chi connectivity index (χ1n) is 6.36. The van der Waals surface area contributed by atoms with E-state index in [1.54, 1.807) is 0 Å². The molecule has 108 valence electrons. The lowest BCUT2D eigenvalue weighted by Gasteiger charge is -2.24. The lowest BCUT2D eigenvalue weighted by atomic mass is 10.1. The van der Waals surface area contributed by atoms with E-state index in [9.17, 15) is 18.0 Å². The minimum absolute atomic E-state index is 0.0829. The summed E-state index contributed by atoms with van der Waals surface area (Å²) in [6, 6.07) is 3.42. The highest BCUT2D eigenvalue weighted by atomic mass is 19.4. The van der Waals surface area contributed by atoms with Gasteiger partial charge in [0, 0.05) is 6.61 Å². The fraction of sp³-hybridized carbons (Fsp3) is 0.462. The average Bonchev–Trinajstić information content (AvgIpc) is 2.74. The van der Waals surface area contributed by atoms with Gasteiger partial charge in [-0.3, -0.25) is 4.57 Å². The number of para-hydroxylation sites is 1. The highest BCUT2D eigenvalue weighted by molar-refractivity contribution is 5.79. The number of hydrogen-bond acceptors (Lipinski definition) is 2. The predicted octanol–water partition coefficient (Wildman–Crippen LogP) is 2.70. The van der Waals surface area contributed by atoms with Crippen molar-refractivity contribution < 1.29 is 17.9 Å². The summed E-state index contributed by atoms with van der Waals surface area (Å²) in [6.45, 7) is 0.846. The van der Waals surface area contributed by atoms with Crippen LogP contribution in [-0.4, -0.2) is 22.8 Å². The van der Waals surface area contributed by atoms with E-state index in [2.05, 4.69) is 4.98 Å². The third-order valence-corrected chi connectivity index (χ3v) is 3.54. The highest BCUT2D eigenvalue weighted by Crippen LogP contribution is 2.35. The molecule has 1 N–H and O–H groups in total. The fourth-order valence-corrected chi connectivity index (χ4v) is 2.69. The van der Waals surface area contributed by atoms with E-state index in [0.717, 1.165) is 12.5 Å². The number of benzene rings is 1. The molecule has 20 heavy (non-hydrogen) atoms. The van der Waals surface area contributed by atoms with Crippen molar-refractivity contribution >= 4 is 11.0 Å². The molecule has 2 heterocycles. The molecule has 2 aromatic rings. The Labute approximate surface area is 112 Å².